The van der Waals surface area contributed by atoms with Gasteiger partial charge in [0.1, 0.15) is 12.2 Å². The van der Waals surface area contributed by atoms with E-state index in [1.165, 1.54) is 11.1 Å². The van der Waals surface area contributed by atoms with E-state index in [-0.39, 0.29) is 30.1 Å². The van der Waals surface area contributed by atoms with Gasteiger partial charge in [-0.15, -0.1) is 0 Å². The van der Waals surface area contributed by atoms with E-state index in [1.807, 2.05) is 0 Å². The first-order valence-corrected chi connectivity index (χ1v) is 10.3. The zero-order valence-corrected chi connectivity index (χ0v) is 16.8. The van der Waals surface area contributed by atoms with Crippen molar-refractivity contribution in [3.8, 4) is 11.5 Å². The van der Waals surface area contributed by atoms with Gasteiger partial charge in [0.2, 0.25) is 0 Å². The Hall–Kier alpha value is -1.30. The molecule has 1 N–H and O–H groups in total. The number of hydrogen-bond acceptors (Lipinski definition) is 5. The first-order chi connectivity index (χ1) is 13.1. The van der Waals surface area contributed by atoms with Gasteiger partial charge in [-0.25, -0.2) is 0 Å². The summed E-state index contributed by atoms with van der Waals surface area (Å²) in [6, 6.07) is 4.81. The van der Waals surface area contributed by atoms with Crippen LogP contribution < -0.4 is 9.47 Å². The van der Waals surface area contributed by atoms with Gasteiger partial charge >= 0.3 is 0 Å². The molecule has 2 heterocycles. The first-order valence-electron chi connectivity index (χ1n) is 10.3. The third-order valence-corrected chi connectivity index (χ3v) is 8.27. The molecule has 0 radical (unpaired) electrons. The number of nitrogens with zero attached hydrogens (tertiary/aromatic N) is 1. The van der Waals surface area contributed by atoms with E-state index in [0.29, 0.717) is 17.9 Å². The Kier molecular flexibility index (Phi) is 4.01. The Morgan fingerprint density at radius 3 is 2.85 bits per heavy atom. The number of likely N-dealkylation sites (N-methyl/N-ethyl adjacent to an activating group) is 1. The quantitative estimate of drug-likeness (QED) is 0.881. The number of rotatable bonds is 3. The highest BCUT2D eigenvalue weighted by Crippen LogP contribution is 2.62. The van der Waals surface area contributed by atoms with Gasteiger partial charge in [0.05, 0.1) is 7.11 Å². The van der Waals surface area contributed by atoms with Crippen LogP contribution in [0.25, 0.3) is 0 Å². The fraction of sp³-hybridized carbons (Fsp3) is 0.727. The molecule has 3 bridgehead atoms. The molecule has 27 heavy (non-hydrogen) atoms. The van der Waals surface area contributed by atoms with Crippen molar-refractivity contribution in [1.29, 1.82) is 0 Å². The molecule has 7 atom stereocenters. The second kappa shape index (κ2) is 6.10. The number of ether oxygens (including phenoxy) is 3. The van der Waals surface area contributed by atoms with Crippen LogP contribution in [0.1, 0.15) is 30.9 Å². The minimum atomic E-state index is -0.109. The molecule has 1 spiro atoms. The fourth-order valence-electron chi connectivity index (χ4n) is 6.85. The molecule has 1 aromatic carbocycles. The van der Waals surface area contributed by atoms with Gasteiger partial charge in [0.25, 0.3) is 0 Å². The topological polar surface area (TPSA) is 51.2 Å². The Balaban J connectivity index is 1.80. The molecular weight excluding hydrogens is 342 g/mol. The van der Waals surface area contributed by atoms with Crippen LogP contribution in [0, 0.1) is 17.8 Å². The summed E-state index contributed by atoms with van der Waals surface area (Å²) in [5.41, 5.74) is 2.74. The summed E-state index contributed by atoms with van der Waals surface area (Å²) in [7, 11) is 5.76. The zero-order valence-electron chi connectivity index (χ0n) is 16.8. The Labute approximate surface area is 161 Å². The average molecular weight is 373 g/mol. The average Bonchev–Trinajstić information content (AvgIpc) is 2.77. The van der Waals surface area contributed by atoms with Crippen molar-refractivity contribution in [2.24, 2.45) is 17.8 Å². The van der Waals surface area contributed by atoms with Gasteiger partial charge in [-0.05, 0) is 56.3 Å². The van der Waals surface area contributed by atoms with Crippen LogP contribution in [-0.2, 0) is 16.6 Å². The van der Waals surface area contributed by atoms with Crippen LogP contribution in [0.15, 0.2) is 12.1 Å². The smallest absolute Gasteiger partial charge is 0.165 e. The van der Waals surface area contributed by atoms with E-state index in [2.05, 4.69) is 31.0 Å². The Morgan fingerprint density at radius 2 is 2.15 bits per heavy atom. The molecule has 1 saturated heterocycles. The summed E-state index contributed by atoms with van der Waals surface area (Å²) >= 11 is 0. The third kappa shape index (κ3) is 2.16. The minimum Gasteiger partial charge on any atom is -0.493 e. The molecular formula is C22H31NO4. The Bertz CT molecular complexity index is 752. The number of hydrogen-bond donors (Lipinski definition) is 1. The fourth-order valence-corrected chi connectivity index (χ4v) is 6.85. The molecule has 5 rings (SSSR count). The van der Waals surface area contributed by atoms with Crippen LogP contribution in [0.5, 0.6) is 11.5 Å². The number of likely N-dealkylation sites (tertiary alicyclic amines) is 1. The third-order valence-electron chi connectivity index (χ3n) is 8.27. The van der Waals surface area contributed by atoms with E-state index in [9.17, 15) is 5.11 Å². The van der Waals surface area contributed by atoms with Crippen molar-refractivity contribution >= 4 is 0 Å². The highest BCUT2D eigenvalue weighted by atomic mass is 16.6. The monoisotopic (exact) mass is 373 g/mol. The molecule has 2 aliphatic carbocycles. The van der Waals surface area contributed by atoms with Crippen molar-refractivity contribution in [3.63, 3.8) is 0 Å². The van der Waals surface area contributed by atoms with Gasteiger partial charge in [-0.2, -0.15) is 0 Å². The summed E-state index contributed by atoms with van der Waals surface area (Å²) < 4.78 is 18.4. The highest BCUT2D eigenvalue weighted by molar-refractivity contribution is 5.59. The van der Waals surface area contributed by atoms with Crippen molar-refractivity contribution in [2.45, 2.75) is 49.9 Å². The number of benzene rings is 1. The SMILES string of the molecule is COc1ccc2c3c1OC1C(OC)C(CO)C(C)C4CC31CCN(C)C4C2. The van der Waals surface area contributed by atoms with Crippen LogP contribution in [0.2, 0.25) is 0 Å². The molecule has 1 aromatic rings. The minimum absolute atomic E-state index is 0.0533. The second-order valence-corrected chi connectivity index (χ2v) is 9.10. The largest absolute Gasteiger partial charge is 0.493 e. The number of aliphatic hydroxyl groups is 1. The predicted molar refractivity (Wildman–Crippen MR) is 102 cm³/mol. The van der Waals surface area contributed by atoms with Crippen LogP contribution in [-0.4, -0.2) is 62.7 Å². The van der Waals surface area contributed by atoms with E-state index in [1.54, 1.807) is 14.2 Å². The number of methoxy groups -OCH3 is 2. The highest BCUT2D eigenvalue weighted by Gasteiger charge is 2.63. The summed E-state index contributed by atoms with van der Waals surface area (Å²) in [5.74, 6) is 2.75. The zero-order chi connectivity index (χ0) is 18.9. The second-order valence-electron chi connectivity index (χ2n) is 9.10. The molecule has 4 aliphatic rings. The van der Waals surface area contributed by atoms with Gasteiger partial charge < -0.3 is 24.2 Å². The number of aliphatic hydroxyl groups excluding tert-OH is 1. The lowest BCUT2D eigenvalue weighted by Crippen LogP contribution is -2.52. The lowest BCUT2D eigenvalue weighted by molar-refractivity contribution is -0.0752. The molecule has 2 aliphatic heterocycles. The molecule has 0 aromatic heterocycles. The molecule has 5 heteroatoms. The van der Waals surface area contributed by atoms with Crippen molar-refractivity contribution in [2.75, 3.05) is 34.4 Å². The van der Waals surface area contributed by atoms with Crippen molar-refractivity contribution in [3.05, 3.63) is 23.3 Å². The molecule has 148 valence electrons. The molecule has 0 amide bonds. The predicted octanol–water partition coefficient (Wildman–Crippen LogP) is 2.23. The molecule has 7 unspecified atom stereocenters. The maximum absolute atomic E-state index is 10.3. The molecule has 1 saturated carbocycles. The van der Waals surface area contributed by atoms with E-state index < -0.39 is 0 Å². The van der Waals surface area contributed by atoms with Crippen LogP contribution >= 0.6 is 0 Å². The van der Waals surface area contributed by atoms with E-state index >= 15 is 0 Å². The molecule has 5 nitrogen and oxygen atoms in total. The van der Waals surface area contributed by atoms with Gasteiger partial charge in [-0.1, -0.05) is 13.0 Å². The lowest BCUT2D eigenvalue weighted by atomic mass is 9.69. The maximum Gasteiger partial charge on any atom is 0.165 e. The summed E-state index contributed by atoms with van der Waals surface area (Å²) in [6.45, 7) is 3.53. The van der Waals surface area contributed by atoms with Crippen LogP contribution in [0.3, 0.4) is 0 Å². The van der Waals surface area contributed by atoms with E-state index in [4.69, 9.17) is 14.2 Å². The summed E-state index contributed by atoms with van der Waals surface area (Å²) in [6.07, 6.45) is 3.05. The first kappa shape index (κ1) is 17.8. The van der Waals surface area contributed by atoms with Gasteiger partial charge in [-0.3, -0.25) is 0 Å². The Morgan fingerprint density at radius 1 is 1.33 bits per heavy atom. The summed E-state index contributed by atoms with van der Waals surface area (Å²) in [5, 5.41) is 10.3. The van der Waals surface area contributed by atoms with Crippen LogP contribution in [0.4, 0.5) is 0 Å². The standard InChI is InChI=1S/C22H31NO4/c1-12-14-10-22-7-8-23(2)16(14)9-13-5-6-17(25-3)20(18(13)22)27-21(22)19(26-4)15(12)11-24/h5-6,12,14-16,19,21,24H,7-11H2,1-4H3. The normalized spacial score (nSPS) is 42.3. The van der Waals surface area contributed by atoms with Gasteiger partial charge in [0, 0.05) is 36.7 Å². The summed E-state index contributed by atoms with van der Waals surface area (Å²) in [4.78, 5) is 2.56. The van der Waals surface area contributed by atoms with Crippen molar-refractivity contribution in [1.82, 2.24) is 4.90 Å². The van der Waals surface area contributed by atoms with Crippen molar-refractivity contribution < 1.29 is 19.3 Å². The maximum atomic E-state index is 10.3. The van der Waals surface area contributed by atoms with Gasteiger partial charge in [0.15, 0.2) is 11.5 Å². The molecule has 2 fully saturated rings. The lowest BCUT2D eigenvalue weighted by Gasteiger charge is -2.41. The van der Waals surface area contributed by atoms with E-state index in [0.717, 1.165) is 37.3 Å².